The largest absolute Gasteiger partial charge is 0.298 e. The van der Waals surface area contributed by atoms with Gasteiger partial charge in [-0.1, -0.05) is 23.7 Å². The molecule has 76 valence electrons. The molecule has 0 aliphatic rings. The van der Waals surface area contributed by atoms with E-state index in [-0.39, 0.29) is 18.1 Å². The van der Waals surface area contributed by atoms with Crippen molar-refractivity contribution >= 4 is 29.0 Å². The predicted molar refractivity (Wildman–Crippen MR) is 55.7 cm³/mol. The molecule has 0 saturated heterocycles. The van der Waals surface area contributed by atoms with E-state index in [4.69, 9.17) is 23.2 Å². The molecule has 0 unspecified atom stereocenters. The van der Waals surface area contributed by atoms with Gasteiger partial charge in [0.2, 0.25) is 0 Å². The fourth-order valence-corrected chi connectivity index (χ4v) is 1.38. The standard InChI is InChI=1S/C10H9Cl2FO/c11-5-9(14)4-7-1-2-10(12)8(3-7)6-13/h1-3H,4-6H2. The average Bonchev–Trinajstić information content (AvgIpc) is 2.20. The molecule has 1 nitrogen and oxygen atoms in total. The minimum absolute atomic E-state index is 0.0203. The highest BCUT2D eigenvalue weighted by atomic mass is 35.5. The van der Waals surface area contributed by atoms with Gasteiger partial charge in [-0.05, 0) is 11.6 Å². The molecule has 1 aromatic rings. The molecule has 0 aliphatic heterocycles. The number of carbonyl (C=O) groups is 1. The second-order valence-electron chi connectivity index (χ2n) is 2.91. The van der Waals surface area contributed by atoms with E-state index in [1.54, 1.807) is 18.2 Å². The lowest BCUT2D eigenvalue weighted by molar-refractivity contribution is -0.116. The molecule has 0 radical (unpaired) electrons. The van der Waals surface area contributed by atoms with Crippen LogP contribution in [0, 0.1) is 0 Å². The van der Waals surface area contributed by atoms with Crippen molar-refractivity contribution in [2.75, 3.05) is 5.88 Å². The van der Waals surface area contributed by atoms with Crippen molar-refractivity contribution in [1.82, 2.24) is 0 Å². The molecule has 0 aromatic heterocycles. The van der Waals surface area contributed by atoms with Crippen molar-refractivity contribution in [3.05, 3.63) is 34.3 Å². The Hall–Kier alpha value is -0.600. The van der Waals surface area contributed by atoms with Gasteiger partial charge in [0, 0.05) is 17.0 Å². The number of rotatable bonds is 4. The number of benzene rings is 1. The molecular weight excluding hydrogens is 226 g/mol. The number of hydrogen-bond donors (Lipinski definition) is 0. The maximum Gasteiger partial charge on any atom is 0.151 e. The number of alkyl halides is 2. The number of hydrogen-bond acceptors (Lipinski definition) is 1. The van der Waals surface area contributed by atoms with Crippen LogP contribution in [0.1, 0.15) is 11.1 Å². The summed E-state index contributed by atoms with van der Waals surface area (Å²) < 4.78 is 12.4. The molecule has 0 amide bonds. The molecule has 0 saturated carbocycles. The summed E-state index contributed by atoms with van der Waals surface area (Å²) in [5.41, 5.74) is 1.15. The fourth-order valence-electron chi connectivity index (χ4n) is 1.12. The minimum atomic E-state index is -0.623. The molecule has 1 aromatic carbocycles. The summed E-state index contributed by atoms with van der Waals surface area (Å²) in [6.45, 7) is -0.623. The smallest absolute Gasteiger partial charge is 0.151 e. The lowest BCUT2D eigenvalue weighted by Gasteiger charge is -2.03. The Bertz CT molecular complexity index is 339. The fraction of sp³-hybridized carbons (Fsp3) is 0.300. The normalized spacial score (nSPS) is 10.2. The lowest BCUT2D eigenvalue weighted by Crippen LogP contribution is -2.04. The zero-order valence-electron chi connectivity index (χ0n) is 7.40. The second-order valence-corrected chi connectivity index (χ2v) is 3.58. The first-order valence-corrected chi connectivity index (χ1v) is 4.99. The monoisotopic (exact) mass is 234 g/mol. The van der Waals surface area contributed by atoms with Crippen LogP contribution in [0.5, 0.6) is 0 Å². The molecule has 0 spiro atoms. The first-order valence-electron chi connectivity index (χ1n) is 4.08. The van der Waals surface area contributed by atoms with E-state index < -0.39 is 6.67 Å². The summed E-state index contributed by atoms with van der Waals surface area (Å²) >= 11 is 11.1. The van der Waals surface area contributed by atoms with E-state index in [0.29, 0.717) is 10.6 Å². The summed E-state index contributed by atoms with van der Waals surface area (Å²) in [4.78, 5) is 11.0. The highest BCUT2D eigenvalue weighted by molar-refractivity contribution is 6.31. The van der Waals surface area contributed by atoms with Gasteiger partial charge >= 0.3 is 0 Å². The zero-order valence-corrected chi connectivity index (χ0v) is 8.91. The molecule has 0 N–H and O–H groups in total. The topological polar surface area (TPSA) is 17.1 Å². The van der Waals surface area contributed by atoms with Gasteiger partial charge in [-0.2, -0.15) is 0 Å². The quantitative estimate of drug-likeness (QED) is 0.732. The van der Waals surface area contributed by atoms with Crippen molar-refractivity contribution in [1.29, 1.82) is 0 Å². The summed E-state index contributed by atoms with van der Waals surface area (Å²) in [5, 5.41) is 0.384. The van der Waals surface area contributed by atoms with Gasteiger partial charge in [-0.15, -0.1) is 11.6 Å². The Kier molecular flexibility index (Phi) is 4.36. The van der Waals surface area contributed by atoms with Crippen LogP contribution in [-0.4, -0.2) is 11.7 Å². The van der Waals surface area contributed by atoms with E-state index in [1.165, 1.54) is 0 Å². The van der Waals surface area contributed by atoms with Gasteiger partial charge in [-0.3, -0.25) is 4.79 Å². The maximum atomic E-state index is 12.4. The van der Waals surface area contributed by atoms with Gasteiger partial charge in [0.05, 0.1) is 5.88 Å². The van der Waals surface area contributed by atoms with Crippen molar-refractivity contribution in [2.24, 2.45) is 0 Å². The predicted octanol–water partition coefficient (Wildman–Crippen LogP) is 3.16. The molecule has 0 aliphatic carbocycles. The van der Waals surface area contributed by atoms with Crippen molar-refractivity contribution in [3.8, 4) is 0 Å². The molecule has 0 heterocycles. The Morgan fingerprint density at radius 3 is 2.71 bits per heavy atom. The van der Waals surface area contributed by atoms with E-state index in [2.05, 4.69) is 0 Å². The van der Waals surface area contributed by atoms with Crippen LogP contribution in [0.3, 0.4) is 0 Å². The van der Waals surface area contributed by atoms with Crippen molar-refractivity contribution in [2.45, 2.75) is 13.1 Å². The lowest BCUT2D eigenvalue weighted by atomic mass is 10.1. The number of Topliss-reactive ketones (excluding diaryl/α,β-unsaturated/α-hetero) is 1. The SMILES string of the molecule is O=C(CCl)Cc1ccc(Cl)c(CF)c1. The number of carbonyl (C=O) groups excluding carboxylic acids is 1. The summed E-state index contributed by atoms with van der Waals surface area (Å²) in [6, 6.07) is 4.88. The van der Waals surface area contributed by atoms with E-state index in [1.807, 2.05) is 0 Å². The van der Waals surface area contributed by atoms with Crippen molar-refractivity contribution in [3.63, 3.8) is 0 Å². The van der Waals surface area contributed by atoms with Crippen molar-refractivity contribution < 1.29 is 9.18 Å². The van der Waals surface area contributed by atoms with Crippen LogP contribution in [0.25, 0.3) is 0 Å². The van der Waals surface area contributed by atoms with Gasteiger partial charge in [0.1, 0.15) is 6.67 Å². The Labute approximate surface area is 91.8 Å². The summed E-state index contributed by atoms with van der Waals surface area (Å²) in [7, 11) is 0. The molecule has 0 atom stereocenters. The van der Waals surface area contributed by atoms with Crippen LogP contribution >= 0.6 is 23.2 Å². The minimum Gasteiger partial charge on any atom is -0.298 e. The van der Waals surface area contributed by atoms with Crippen LogP contribution < -0.4 is 0 Å². The average molecular weight is 235 g/mol. The van der Waals surface area contributed by atoms with Gasteiger partial charge in [0.15, 0.2) is 5.78 Å². The highest BCUT2D eigenvalue weighted by Crippen LogP contribution is 2.19. The maximum absolute atomic E-state index is 12.4. The van der Waals surface area contributed by atoms with E-state index >= 15 is 0 Å². The Balaban J connectivity index is 2.84. The summed E-state index contributed by atoms with van der Waals surface area (Å²) in [6.07, 6.45) is 0.230. The summed E-state index contributed by atoms with van der Waals surface area (Å²) in [5.74, 6) is -0.105. The van der Waals surface area contributed by atoms with Gasteiger partial charge in [0.25, 0.3) is 0 Å². The molecular formula is C10H9Cl2FO. The molecule has 1 rings (SSSR count). The first kappa shape index (κ1) is 11.5. The third kappa shape index (κ3) is 2.96. The number of ketones is 1. The van der Waals surface area contributed by atoms with E-state index in [9.17, 15) is 9.18 Å². The highest BCUT2D eigenvalue weighted by Gasteiger charge is 2.05. The Morgan fingerprint density at radius 2 is 2.14 bits per heavy atom. The third-order valence-corrected chi connectivity index (χ3v) is 2.47. The second kappa shape index (κ2) is 5.32. The van der Waals surface area contributed by atoms with Crippen LogP contribution in [-0.2, 0) is 17.9 Å². The van der Waals surface area contributed by atoms with Gasteiger partial charge in [-0.25, -0.2) is 4.39 Å². The number of halogens is 3. The van der Waals surface area contributed by atoms with E-state index in [0.717, 1.165) is 5.56 Å². The van der Waals surface area contributed by atoms with Crippen LogP contribution in [0.4, 0.5) is 4.39 Å². The Morgan fingerprint density at radius 1 is 1.43 bits per heavy atom. The van der Waals surface area contributed by atoms with Crippen LogP contribution in [0.15, 0.2) is 18.2 Å². The van der Waals surface area contributed by atoms with Crippen LogP contribution in [0.2, 0.25) is 5.02 Å². The molecule has 14 heavy (non-hydrogen) atoms. The molecule has 4 heteroatoms. The first-order chi connectivity index (χ1) is 6.67. The third-order valence-electron chi connectivity index (χ3n) is 1.80. The van der Waals surface area contributed by atoms with Gasteiger partial charge < -0.3 is 0 Å². The molecule has 0 bridgehead atoms. The zero-order chi connectivity index (χ0) is 10.6. The molecule has 0 fully saturated rings.